The molecule has 2 rings (SSSR count). The molecule has 0 radical (unpaired) electrons. The zero-order valence-corrected chi connectivity index (χ0v) is 12.5. The van der Waals surface area contributed by atoms with Gasteiger partial charge in [-0.05, 0) is 42.5 Å². The van der Waals surface area contributed by atoms with E-state index in [1.807, 2.05) is 6.92 Å². The van der Waals surface area contributed by atoms with Gasteiger partial charge in [-0.25, -0.2) is 0 Å². The molecule has 0 fully saturated rings. The third-order valence-corrected chi connectivity index (χ3v) is 3.78. The van der Waals surface area contributed by atoms with E-state index >= 15 is 0 Å². The number of nitrogens with one attached hydrogen (secondary N) is 1. The van der Waals surface area contributed by atoms with Crippen molar-refractivity contribution in [3.8, 4) is 0 Å². The van der Waals surface area contributed by atoms with Crippen LogP contribution in [-0.2, 0) is 6.54 Å². The highest BCUT2D eigenvalue weighted by molar-refractivity contribution is 5.79. The van der Waals surface area contributed by atoms with Crippen molar-refractivity contribution in [3.63, 3.8) is 0 Å². The summed E-state index contributed by atoms with van der Waals surface area (Å²) in [5, 5.41) is 4.77. The third kappa shape index (κ3) is 3.77. The Balaban J connectivity index is 2.04. The van der Waals surface area contributed by atoms with Crippen molar-refractivity contribution < 1.29 is 0 Å². The number of nitrogens with zero attached hydrogens (tertiary/aromatic N) is 1. The van der Waals surface area contributed by atoms with E-state index in [0.29, 0.717) is 5.41 Å². The first-order valence-corrected chi connectivity index (χ1v) is 7.07. The Labute approximate surface area is 116 Å². The molecule has 0 bridgehead atoms. The number of pyridine rings is 1. The van der Waals surface area contributed by atoms with Crippen LogP contribution in [0, 0.1) is 12.3 Å². The monoisotopic (exact) mass is 256 g/mol. The van der Waals surface area contributed by atoms with Gasteiger partial charge in [-0.1, -0.05) is 32.9 Å². The number of hydrogen-bond acceptors (Lipinski definition) is 2. The Morgan fingerprint density at radius 1 is 1.16 bits per heavy atom. The van der Waals surface area contributed by atoms with Crippen molar-refractivity contribution in [3.05, 3.63) is 41.6 Å². The first-order valence-electron chi connectivity index (χ1n) is 7.07. The summed E-state index contributed by atoms with van der Waals surface area (Å²) in [5.41, 5.74) is 3.85. The third-order valence-electron chi connectivity index (χ3n) is 3.78. The first-order chi connectivity index (χ1) is 9.00. The van der Waals surface area contributed by atoms with Crippen molar-refractivity contribution in [1.82, 2.24) is 10.3 Å². The van der Waals surface area contributed by atoms with E-state index in [9.17, 15) is 0 Å². The summed E-state index contributed by atoms with van der Waals surface area (Å²) in [7, 11) is 0. The van der Waals surface area contributed by atoms with Gasteiger partial charge in [-0.3, -0.25) is 4.98 Å². The molecule has 0 amide bonds. The molecule has 0 spiro atoms. The molecule has 2 heteroatoms. The van der Waals surface area contributed by atoms with Gasteiger partial charge in [0.15, 0.2) is 0 Å². The van der Waals surface area contributed by atoms with E-state index in [1.54, 1.807) is 0 Å². The minimum atomic E-state index is 0.371. The Kier molecular flexibility index (Phi) is 4.20. The largest absolute Gasteiger partial charge is 0.312 e. The van der Waals surface area contributed by atoms with Crippen LogP contribution in [0.5, 0.6) is 0 Å². The zero-order chi connectivity index (χ0) is 13.9. The summed E-state index contributed by atoms with van der Waals surface area (Å²) in [6, 6.07) is 10.7. The van der Waals surface area contributed by atoms with Crippen molar-refractivity contribution in [2.24, 2.45) is 5.41 Å². The summed E-state index contributed by atoms with van der Waals surface area (Å²) in [4.78, 5) is 4.53. The lowest BCUT2D eigenvalue weighted by Gasteiger charge is -2.23. The normalized spacial score (nSPS) is 12.0. The smallest absolute Gasteiger partial charge is 0.0705 e. The molecule has 1 N–H and O–H groups in total. The highest BCUT2D eigenvalue weighted by atomic mass is 14.9. The maximum absolute atomic E-state index is 4.53. The maximum atomic E-state index is 4.53. The van der Waals surface area contributed by atoms with Gasteiger partial charge in [-0.2, -0.15) is 0 Å². The molecule has 1 aromatic carbocycles. The van der Waals surface area contributed by atoms with Gasteiger partial charge >= 0.3 is 0 Å². The summed E-state index contributed by atoms with van der Waals surface area (Å²) < 4.78 is 0. The molecule has 0 unspecified atom stereocenters. The number of rotatable bonds is 5. The van der Waals surface area contributed by atoms with Gasteiger partial charge in [0.1, 0.15) is 0 Å². The summed E-state index contributed by atoms with van der Waals surface area (Å²) in [5.74, 6) is 0. The van der Waals surface area contributed by atoms with Crippen LogP contribution >= 0.6 is 0 Å². The SMILES string of the molecule is CCC(C)(C)CNCc1ccc2nc(C)ccc2c1. The fraction of sp³-hybridized carbons (Fsp3) is 0.471. The second-order valence-electron chi connectivity index (χ2n) is 6.10. The number of aromatic nitrogens is 1. The van der Waals surface area contributed by atoms with Gasteiger partial charge in [0.05, 0.1) is 5.52 Å². The van der Waals surface area contributed by atoms with Crippen LogP contribution in [0.3, 0.4) is 0 Å². The Morgan fingerprint density at radius 2 is 1.95 bits per heavy atom. The van der Waals surface area contributed by atoms with Crippen LogP contribution in [0.2, 0.25) is 0 Å². The molecular formula is C17H24N2. The molecule has 1 aromatic heterocycles. The van der Waals surface area contributed by atoms with E-state index < -0.39 is 0 Å². The van der Waals surface area contributed by atoms with Gasteiger partial charge in [0.2, 0.25) is 0 Å². The number of fused-ring (bicyclic) bond motifs is 1. The van der Waals surface area contributed by atoms with E-state index in [0.717, 1.165) is 24.3 Å². The van der Waals surface area contributed by atoms with Crippen LogP contribution in [0.4, 0.5) is 0 Å². The lowest BCUT2D eigenvalue weighted by Crippen LogP contribution is -2.28. The van der Waals surface area contributed by atoms with Crippen LogP contribution in [-0.4, -0.2) is 11.5 Å². The van der Waals surface area contributed by atoms with Crippen LogP contribution in [0.25, 0.3) is 10.9 Å². The van der Waals surface area contributed by atoms with E-state index in [4.69, 9.17) is 0 Å². The Morgan fingerprint density at radius 3 is 2.68 bits per heavy atom. The molecule has 0 saturated heterocycles. The highest BCUT2D eigenvalue weighted by Gasteiger charge is 2.13. The second kappa shape index (κ2) is 5.70. The summed E-state index contributed by atoms with van der Waals surface area (Å²) in [6.07, 6.45) is 1.20. The molecule has 0 aliphatic rings. The van der Waals surface area contributed by atoms with Gasteiger partial charge in [-0.15, -0.1) is 0 Å². The molecule has 0 atom stereocenters. The molecule has 0 saturated carbocycles. The topological polar surface area (TPSA) is 24.9 Å². The number of aryl methyl sites for hydroxylation is 1. The van der Waals surface area contributed by atoms with Crippen molar-refractivity contribution in [1.29, 1.82) is 0 Å². The lowest BCUT2D eigenvalue weighted by atomic mass is 9.90. The van der Waals surface area contributed by atoms with Crippen molar-refractivity contribution in [2.75, 3.05) is 6.54 Å². The van der Waals surface area contributed by atoms with Crippen LogP contribution in [0.1, 0.15) is 38.4 Å². The number of benzene rings is 1. The standard InChI is InChI=1S/C17H24N2/c1-5-17(3,4)12-18-11-14-7-9-16-15(10-14)8-6-13(2)19-16/h6-10,18H,5,11-12H2,1-4H3. The fourth-order valence-corrected chi connectivity index (χ4v) is 2.06. The van der Waals surface area contributed by atoms with Gasteiger partial charge in [0, 0.05) is 24.2 Å². The lowest BCUT2D eigenvalue weighted by molar-refractivity contribution is 0.328. The minimum Gasteiger partial charge on any atom is -0.312 e. The molecule has 0 aliphatic heterocycles. The number of hydrogen-bond donors (Lipinski definition) is 1. The van der Waals surface area contributed by atoms with E-state index in [1.165, 1.54) is 17.4 Å². The van der Waals surface area contributed by atoms with E-state index in [-0.39, 0.29) is 0 Å². The summed E-state index contributed by atoms with van der Waals surface area (Å²) >= 11 is 0. The average molecular weight is 256 g/mol. The quantitative estimate of drug-likeness (QED) is 0.872. The maximum Gasteiger partial charge on any atom is 0.0705 e. The van der Waals surface area contributed by atoms with Gasteiger partial charge in [0.25, 0.3) is 0 Å². The zero-order valence-electron chi connectivity index (χ0n) is 12.5. The molecule has 19 heavy (non-hydrogen) atoms. The van der Waals surface area contributed by atoms with E-state index in [2.05, 4.69) is 61.4 Å². The highest BCUT2D eigenvalue weighted by Crippen LogP contribution is 2.18. The molecule has 0 aliphatic carbocycles. The van der Waals surface area contributed by atoms with Crippen LogP contribution in [0.15, 0.2) is 30.3 Å². The minimum absolute atomic E-state index is 0.371. The molecule has 2 aromatic rings. The Hall–Kier alpha value is -1.41. The first kappa shape index (κ1) is 14.0. The fourth-order valence-electron chi connectivity index (χ4n) is 2.06. The average Bonchev–Trinajstić information content (AvgIpc) is 2.39. The molecule has 2 nitrogen and oxygen atoms in total. The molecule has 1 heterocycles. The predicted molar refractivity (Wildman–Crippen MR) is 82.3 cm³/mol. The van der Waals surface area contributed by atoms with Crippen molar-refractivity contribution >= 4 is 10.9 Å². The molecular weight excluding hydrogens is 232 g/mol. The summed E-state index contributed by atoms with van der Waals surface area (Å²) in [6.45, 7) is 10.8. The molecule has 102 valence electrons. The second-order valence-corrected chi connectivity index (χ2v) is 6.10. The van der Waals surface area contributed by atoms with Crippen LogP contribution < -0.4 is 5.32 Å². The Bertz CT molecular complexity index is 558. The predicted octanol–water partition coefficient (Wildman–Crippen LogP) is 4.07. The van der Waals surface area contributed by atoms with Gasteiger partial charge < -0.3 is 5.32 Å². The van der Waals surface area contributed by atoms with Crippen molar-refractivity contribution in [2.45, 2.75) is 40.7 Å².